The molecule has 0 aromatic heterocycles. The van der Waals surface area contributed by atoms with E-state index < -0.39 is 42.7 Å². The van der Waals surface area contributed by atoms with Crippen LogP contribution in [0.3, 0.4) is 0 Å². The van der Waals surface area contributed by atoms with Gasteiger partial charge in [-0.1, -0.05) is 20.3 Å². The summed E-state index contributed by atoms with van der Waals surface area (Å²) in [5.41, 5.74) is 5.75. The van der Waals surface area contributed by atoms with E-state index in [4.69, 9.17) is 10.8 Å². The predicted molar refractivity (Wildman–Crippen MR) is 75.8 cm³/mol. The summed E-state index contributed by atoms with van der Waals surface area (Å²) in [6.45, 7) is 4.37. The van der Waals surface area contributed by atoms with Crippen LogP contribution >= 0.6 is 0 Å². The summed E-state index contributed by atoms with van der Waals surface area (Å²) < 4.78 is 0. The lowest BCUT2D eigenvalue weighted by Crippen LogP contribution is -2.58. The summed E-state index contributed by atoms with van der Waals surface area (Å²) in [5, 5.41) is 22.9. The van der Waals surface area contributed by atoms with Gasteiger partial charge in [0.2, 0.25) is 18.1 Å². The molecule has 0 aromatic carbocycles. The summed E-state index contributed by atoms with van der Waals surface area (Å²) in [6, 6.07) is -3.29. The zero-order chi connectivity index (χ0) is 16.6. The number of carbonyl (C=O) groups is 2. The standard InChI is InChI=1S/C13H24N3O5/c1-4-7(2)10(14)12(20)16-11(8(3)19)13(21)15-9(5-17)6-18/h7-11,17,19H,4-5,14H2,1-3H3,(H,15,21)(H,16,20)/t7-,8-,9+,10-,11-/m0/s1. The first-order chi connectivity index (χ1) is 9.78. The fourth-order valence-electron chi connectivity index (χ4n) is 1.54. The molecule has 0 bridgehead atoms. The van der Waals surface area contributed by atoms with Crippen molar-refractivity contribution in [3.05, 3.63) is 0 Å². The van der Waals surface area contributed by atoms with E-state index in [0.717, 1.165) is 0 Å². The normalized spacial score (nSPS) is 18.0. The number of hydrogen-bond acceptors (Lipinski definition) is 6. The van der Waals surface area contributed by atoms with Gasteiger partial charge in [-0.05, 0) is 12.8 Å². The Morgan fingerprint density at radius 2 is 1.81 bits per heavy atom. The van der Waals surface area contributed by atoms with Crippen LogP contribution in [0.25, 0.3) is 0 Å². The molecule has 5 atom stereocenters. The summed E-state index contributed by atoms with van der Waals surface area (Å²) >= 11 is 0. The molecular formula is C13H24N3O5. The van der Waals surface area contributed by atoms with E-state index in [2.05, 4.69) is 10.6 Å². The zero-order valence-corrected chi connectivity index (χ0v) is 12.5. The highest BCUT2D eigenvalue weighted by Crippen LogP contribution is 2.06. The second kappa shape index (κ2) is 9.43. The van der Waals surface area contributed by atoms with E-state index in [-0.39, 0.29) is 5.92 Å². The molecule has 0 saturated heterocycles. The Kier molecular flexibility index (Phi) is 8.75. The maximum atomic E-state index is 11.9. The first-order valence-electron chi connectivity index (χ1n) is 6.81. The third kappa shape index (κ3) is 6.19. The van der Waals surface area contributed by atoms with Crippen molar-refractivity contribution in [2.45, 2.75) is 51.4 Å². The molecule has 1 radical (unpaired) electrons. The van der Waals surface area contributed by atoms with Gasteiger partial charge < -0.3 is 26.6 Å². The lowest BCUT2D eigenvalue weighted by atomic mass is 9.98. The SMILES string of the molecule is CC[C@H](C)[C@H](N)C(=O)N[C@H](C(=O)N[C@@H]([C]=O)CO)[C@H](C)O. The van der Waals surface area contributed by atoms with Crippen molar-refractivity contribution in [1.29, 1.82) is 0 Å². The number of aliphatic hydroxyl groups is 2. The summed E-state index contributed by atoms with van der Waals surface area (Å²) in [6.07, 6.45) is 0.926. The van der Waals surface area contributed by atoms with Crippen molar-refractivity contribution in [3.8, 4) is 0 Å². The van der Waals surface area contributed by atoms with Crippen LogP contribution in [-0.4, -0.2) is 59.1 Å². The van der Waals surface area contributed by atoms with Gasteiger partial charge in [0.25, 0.3) is 0 Å². The summed E-state index contributed by atoms with van der Waals surface area (Å²) in [5.74, 6) is -1.45. The summed E-state index contributed by atoms with van der Waals surface area (Å²) in [7, 11) is 0. The molecule has 0 aliphatic carbocycles. The lowest BCUT2D eigenvalue weighted by molar-refractivity contribution is -0.133. The first kappa shape index (κ1) is 19.5. The third-order valence-corrected chi connectivity index (χ3v) is 3.26. The Morgan fingerprint density at radius 1 is 1.24 bits per heavy atom. The van der Waals surface area contributed by atoms with Crippen molar-refractivity contribution < 1.29 is 24.6 Å². The van der Waals surface area contributed by atoms with Gasteiger partial charge in [-0.15, -0.1) is 0 Å². The highest BCUT2D eigenvalue weighted by Gasteiger charge is 2.30. The first-order valence-corrected chi connectivity index (χ1v) is 6.81. The van der Waals surface area contributed by atoms with Gasteiger partial charge in [0, 0.05) is 0 Å². The molecule has 8 heteroatoms. The molecule has 0 rings (SSSR count). The van der Waals surface area contributed by atoms with Crippen LogP contribution in [0.2, 0.25) is 0 Å². The molecule has 0 aliphatic heterocycles. The third-order valence-electron chi connectivity index (χ3n) is 3.26. The van der Waals surface area contributed by atoms with Crippen LogP contribution in [0.15, 0.2) is 0 Å². The topological polar surface area (TPSA) is 142 Å². The Balaban J connectivity index is 4.80. The second-order valence-corrected chi connectivity index (χ2v) is 5.00. The zero-order valence-electron chi connectivity index (χ0n) is 12.5. The van der Waals surface area contributed by atoms with Crippen LogP contribution < -0.4 is 16.4 Å². The van der Waals surface area contributed by atoms with Crippen LogP contribution in [0.5, 0.6) is 0 Å². The average molecular weight is 302 g/mol. The predicted octanol–water partition coefficient (Wildman–Crippen LogP) is -2.19. The molecule has 0 saturated carbocycles. The van der Waals surface area contributed by atoms with E-state index >= 15 is 0 Å². The Morgan fingerprint density at radius 3 is 2.19 bits per heavy atom. The summed E-state index contributed by atoms with van der Waals surface area (Å²) in [4.78, 5) is 34.3. The molecule has 0 aliphatic rings. The number of aliphatic hydroxyl groups excluding tert-OH is 2. The van der Waals surface area contributed by atoms with Crippen LogP contribution in [0.1, 0.15) is 27.2 Å². The molecule has 0 unspecified atom stereocenters. The molecular weight excluding hydrogens is 278 g/mol. The molecule has 8 nitrogen and oxygen atoms in total. The van der Waals surface area contributed by atoms with Gasteiger partial charge in [0.1, 0.15) is 12.1 Å². The monoisotopic (exact) mass is 302 g/mol. The van der Waals surface area contributed by atoms with Gasteiger partial charge in [-0.25, -0.2) is 0 Å². The van der Waals surface area contributed by atoms with Crippen LogP contribution in [-0.2, 0) is 14.4 Å². The quantitative estimate of drug-likeness (QED) is 0.327. The largest absolute Gasteiger partial charge is 0.394 e. The number of carbonyl (C=O) groups excluding carboxylic acids is 3. The van der Waals surface area contributed by atoms with Crippen molar-refractivity contribution in [2.75, 3.05) is 6.61 Å². The second-order valence-electron chi connectivity index (χ2n) is 5.00. The number of nitrogens with two attached hydrogens (primary N) is 1. The number of hydrogen-bond donors (Lipinski definition) is 5. The van der Waals surface area contributed by atoms with E-state index in [1.807, 2.05) is 6.92 Å². The molecule has 0 fully saturated rings. The number of amides is 2. The van der Waals surface area contributed by atoms with E-state index in [0.29, 0.717) is 6.42 Å². The van der Waals surface area contributed by atoms with Gasteiger partial charge in [-0.2, -0.15) is 0 Å². The molecule has 0 spiro atoms. The Labute approximate surface area is 124 Å². The van der Waals surface area contributed by atoms with Crippen molar-refractivity contribution >= 4 is 18.1 Å². The van der Waals surface area contributed by atoms with E-state index in [1.165, 1.54) is 13.2 Å². The maximum Gasteiger partial charge on any atom is 0.245 e. The van der Waals surface area contributed by atoms with Crippen LogP contribution in [0, 0.1) is 5.92 Å². The minimum Gasteiger partial charge on any atom is -0.394 e. The fourth-order valence-corrected chi connectivity index (χ4v) is 1.54. The lowest BCUT2D eigenvalue weighted by Gasteiger charge is -2.25. The molecule has 0 aromatic rings. The maximum absolute atomic E-state index is 11.9. The van der Waals surface area contributed by atoms with Crippen LogP contribution in [0.4, 0.5) is 0 Å². The minimum atomic E-state index is -1.27. The average Bonchev–Trinajstić information content (AvgIpc) is 2.47. The Bertz CT molecular complexity index is 362. The van der Waals surface area contributed by atoms with Crippen molar-refractivity contribution in [2.24, 2.45) is 11.7 Å². The smallest absolute Gasteiger partial charge is 0.245 e. The van der Waals surface area contributed by atoms with E-state index in [1.54, 1.807) is 6.92 Å². The van der Waals surface area contributed by atoms with Crippen molar-refractivity contribution in [3.63, 3.8) is 0 Å². The molecule has 6 N–H and O–H groups in total. The highest BCUT2D eigenvalue weighted by atomic mass is 16.3. The Hall–Kier alpha value is -1.51. The fraction of sp³-hybridized carbons (Fsp3) is 0.769. The number of rotatable bonds is 9. The molecule has 2 amide bonds. The van der Waals surface area contributed by atoms with Gasteiger partial charge in [0.15, 0.2) is 0 Å². The molecule has 121 valence electrons. The number of nitrogens with one attached hydrogen (secondary N) is 2. The highest BCUT2D eigenvalue weighted by molar-refractivity contribution is 5.91. The molecule has 0 heterocycles. The van der Waals surface area contributed by atoms with Crippen molar-refractivity contribution in [1.82, 2.24) is 10.6 Å². The van der Waals surface area contributed by atoms with Gasteiger partial charge in [0.05, 0.1) is 18.8 Å². The van der Waals surface area contributed by atoms with Gasteiger partial charge >= 0.3 is 0 Å². The van der Waals surface area contributed by atoms with Gasteiger partial charge in [-0.3, -0.25) is 14.4 Å². The molecule has 21 heavy (non-hydrogen) atoms. The minimum absolute atomic E-state index is 0.0868. The van der Waals surface area contributed by atoms with E-state index in [9.17, 15) is 19.5 Å².